The number of hydrogen-bond donors (Lipinski definition) is 3. The zero-order valence-corrected chi connectivity index (χ0v) is 10.8. The lowest BCUT2D eigenvalue weighted by Gasteiger charge is -2.00. The van der Waals surface area contributed by atoms with Gasteiger partial charge in [0.1, 0.15) is 5.21 Å². The molecule has 1 aromatic carbocycles. The van der Waals surface area contributed by atoms with E-state index in [-0.39, 0.29) is 16.8 Å². The minimum absolute atomic E-state index is 0.108. The molecule has 0 saturated heterocycles. The summed E-state index contributed by atoms with van der Waals surface area (Å²) < 4.78 is 22.9. The largest absolute Gasteiger partial charge is 0.370 e. The molecule has 0 amide bonds. The molecule has 0 spiro atoms. The van der Waals surface area contributed by atoms with Crippen molar-refractivity contribution in [2.45, 2.75) is 4.90 Å². The maximum atomic E-state index is 11.4. The summed E-state index contributed by atoms with van der Waals surface area (Å²) in [6, 6.07) is 5.68. The van der Waals surface area contributed by atoms with Crippen molar-refractivity contribution < 1.29 is 8.42 Å². The van der Waals surface area contributed by atoms with E-state index >= 15 is 0 Å². The van der Waals surface area contributed by atoms with Crippen molar-refractivity contribution in [2.24, 2.45) is 27.2 Å². The summed E-state index contributed by atoms with van der Waals surface area (Å²) in [7, 11) is -3.44. The Kier molecular flexibility index (Phi) is 4.51. The van der Waals surface area contributed by atoms with Gasteiger partial charge in [0.2, 0.25) is 5.96 Å². The quantitative estimate of drug-likeness (QED) is 0.404. The molecule has 1 aromatic rings. The molecule has 0 aromatic heterocycles. The fourth-order valence-electron chi connectivity index (χ4n) is 1.08. The zero-order valence-electron chi connectivity index (χ0n) is 9.25. The lowest BCUT2D eigenvalue weighted by molar-refractivity contribution is 0.600. The Labute approximate surface area is 109 Å². The maximum Gasteiger partial charge on any atom is 0.223 e. The number of sulfone groups is 1. The molecule has 0 unspecified atom stereocenters. The molecule has 0 bridgehead atoms. The average molecular weight is 290 g/mol. The van der Waals surface area contributed by atoms with Crippen LogP contribution >= 0.6 is 11.6 Å². The fourth-order valence-corrected chi connectivity index (χ4v) is 2.14. The third-order valence-electron chi connectivity index (χ3n) is 1.83. The second-order valence-electron chi connectivity index (χ2n) is 3.22. The van der Waals surface area contributed by atoms with Crippen molar-refractivity contribution >= 4 is 39.0 Å². The van der Waals surface area contributed by atoms with Gasteiger partial charge in [-0.2, -0.15) is 4.99 Å². The molecular formula is C9H12ClN5O2S. The van der Waals surface area contributed by atoms with Crippen molar-refractivity contribution in [1.29, 1.82) is 0 Å². The van der Waals surface area contributed by atoms with Crippen molar-refractivity contribution in [1.82, 2.24) is 0 Å². The van der Waals surface area contributed by atoms with Crippen LogP contribution in [0.2, 0.25) is 0 Å². The van der Waals surface area contributed by atoms with Gasteiger partial charge in [0, 0.05) is 0 Å². The molecule has 9 heteroatoms. The number of halogens is 1. The number of aliphatic imine (C=N–C) groups is 2. The Bertz CT molecular complexity index is 575. The molecule has 7 nitrogen and oxygen atoms in total. The van der Waals surface area contributed by atoms with Crippen LogP contribution in [-0.4, -0.2) is 25.5 Å². The van der Waals surface area contributed by atoms with Crippen molar-refractivity contribution in [3.8, 4) is 0 Å². The molecule has 6 N–H and O–H groups in total. The van der Waals surface area contributed by atoms with Crippen LogP contribution in [-0.2, 0) is 9.84 Å². The van der Waals surface area contributed by atoms with Gasteiger partial charge in [-0.15, -0.1) is 11.6 Å². The molecule has 0 radical (unpaired) electrons. The molecular weight excluding hydrogens is 278 g/mol. The Balaban J connectivity index is 3.01. The first kappa shape index (κ1) is 14.3. The number of hydrogen-bond acceptors (Lipinski definition) is 3. The first-order chi connectivity index (χ1) is 8.35. The number of nitrogens with zero attached hydrogens (tertiary/aromatic N) is 2. The maximum absolute atomic E-state index is 11.4. The lowest BCUT2D eigenvalue weighted by atomic mass is 10.3. The third-order valence-corrected chi connectivity index (χ3v) is 3.97. The van der Waals surface area contributed by atoms with Gasteiger partial charge in [-0.3, -0.25) is 0 Å². The SMILES string of the molecule is NC(N)=NC(N)=Nc1ccc(S(=O)(=O)CCl)cc1. The first-order valence-electron chi connectivity index (χ1n) is 4.68. The molecule has 0 aliphatic heterocycles. The highest BCUT2D eigenvalue weighted by atomic mass is 35.5. The Morgan fingerprint density at radius 3 is 2.17 bits per heavy atom. The van der Waals surface area contributed by atoms with Crippen LogP contribution in [0.4, 0.5) is 5.69 Å². The highest BCUT2D eigenvalue weighted by Crippen LogP contribution is 2.18. The smallest absolute Gasteiger partial charge is 0.223 e. The van der Waals surface area contributed by atoms with E-state index in [1.54, 1.807) is 0 Å². The summed E-state index contributed by atoms with van der Waals surface area (Å²) in [6.45, 7) is 0. The Morgan fingerprint density at radius 1 is 1.17 bits per heavy atom. The van der Waals surface area contributed by atoms with Crippen LogP contribution < -0.4 is 17.2 Å². The van der Waals surface area contributed by atoms with E-state index in [1.807, 2.05) is 0 Å². The summed E-state index contributed by atoms with van der Waals surface area (Å²) >= 11 is 5.33. The summed E-state index contributed by atoms with van der Waals surface area (Å²) in [6.07, 6.45) is 0. The van der Waals surface area contributed by atoms with Gasteiger partial charge in [0.25, 0.3) is 0 Å². The highest BCUT2D eigenvalue weighted by Gasteiger charge is 2.11. The number of benzene rings is 1. The van der Waals surface area contributed by atoms with Gasteiger partial charge in [-0.25, -0.2) is 13.4 Å². The molecule has 0 atom stereocenters. The molecule has 0 aliphatic rings. The predicted molar refractivity (Wildman–Crippen MR) is 71.4 cm³/mol. The van der Waals surface area contributed by atoms with Crippen LogP contribution in [0.1, 0.15) is 0 Å². The van der Waals surface area contributed by atoms with Crippen LogP contribution in [0.3, 0.4) is 0 Å². The zero-order chi connectivity index (χ0) is 13.8. The van der Waals surface area contributed by atoms with Gasteiger partial charge in [0.05, 0.1) is 10.6 Å². The van der Waals surface area contributed by atoms with Crippen molar-refractivity contribution in [2.75, 3.05) is 5.21 Å². The first-order valence-corrected chi connectivity index (χ1v) is 6.86. The highest BCUT2D eigenvalue weighted by molar-refractivity contribution is 7.92. The van der Waals surface area contributed by atoms with E-state index in [4.69, 9.17) is 28.8 Å². The predicted octanol–water partition coefficient (Wildman–Crippen LogP) is -0.124. The fraction of sp³-hybridized carbons (Fsp3) is 0.111. The molecule has 0 fully saturated rings. The van der Waals surface area contributed by atoms with E-state index in [0.717, 1.165) is 0 Å². The minimum atomic E-state index is -3.44. The van der Waals surface area contributed by atoms with Gasteiger partial charge in [0.15, 0.2) is 15.8 Å². The summed E-state index contributed by atoms with van der Waals surface area (Å²) in [5.41, 5.74) is 16.1. The average Bonchev–Trinajstić information content (AvgIpc) is 2.28. The number of nitrogens with two attached hydrogens (primary N) is 3. The second kappa shape index (κ2) is 5.69. The van der Waals surface area contributed by atoms with E-state index < -0.39 is 15.0 Å². The monoisotopic (exact) mass is 289 g/mol. The Morgan fingerprint density at radius 2 is 1.72 bits per heavy atom. The standard InChI is InChI=1S/C9H12ClN5O2S/c10-5-18(16,17)7-3-1-6(2-4-7)14-9(13)15-8(11)12/h1-4H,5H2,(H6,11,12,13,14,15). The van der Waals surface area contributed by atoms with E-state index in [0.29, 0.717) is 5.69 Å². The summed E-state index contributed by atoms with van der Waals surface area (Å²) in [5.74, 6) is -0.333. The molecule has 1 rings (SSSR count). The van der Waals surface area contributed by atoms with Crippen molar-refractivity contribution in [3.63, 3.8) is 0 Å². The normalized spacial score (nSPS) is 12.2. The summed E-state index contributed by atoms with van der Waals surface area (Å²) in [4.78, 5) is 7.50. The summed E-state index contributed by atoms with van der Waals surface area (Å²) in [5, 5.41) is -0.480. The number of alkyl halides is 1. The van der Waals surface area contributed by atoms with Crippen LogP contribution in [0.15, 0.2) is 39.1 Å². The lowest BCUT2D eigenvalue weighted by Crippen LogP contribution is -2.26. The van der Waals surface area contributed by atoms with Gasteiger partial charge < -0.3 is 17.2 Å². The molecule has 98 valence electrons. The Hall–Kier alpha value is -1.80. The molecule has 18 heavy (non-hydrogen) atoms. The second-order valence-corrected chi connectivity index (χ2v) is 5.80. The minimum Gasteiger partial charge on any atom is -0.370 e. The van der Waals surface area contributed by atoms with Crippen LogP contribution in [0.25, 0.3) is 0 Å². The van der Waals surface area contributed by atoms with Gasteiger partial charge in [-0.1, -0.05) is 0 Å². The number of guanidine groups is 2. The van der Waals surface area contributed by atoms with E-state index in [2.05, 4.69) is 9.98 Å². The van der Waals surface area contributed by atoms with Crippen molar-refractivity contribution in [3.05, 3.63) is 24.3 Å². The van der Waals surface area contributed by atoms with E-state index in [1.165, 1.54) is 24.3 Å². The number of rotatable bonds is 3. The van der Waals surface area contributed by atoms with Crippen LogP contribution in [0.5, 0.6) is 0 Å². The third kappa shape index (κ3) is 3.90. The van der Waals surface area contributed by atoms with Gasteiger partial charge in [-0.05, 0) is 24.3 Å². The molecule has 0 saturated carbocycles. The molecule has 0 heterocycles. The van der Waals surface area contributed by atoms with Gasteiger partial charge >= 0.3 is 0 Å². The topological polar surface area (TPSA) is 137 Å². The van der Waals surface area contributed by atoms with Crippen LogP contribution in [0, 0.1) is 0 Å². The van der Waals surface area contributed by atoms with E-state index in [9.17, 15) is 8.42 Å². The molecule has 0 aliphatic carbocycles.